The van der Waals surface area contributed by atoms with E-state index in [1.807, 2.05) is 65.9 Å². The van der Waals surface area contributed by atoms with E-state index in [4.69, 9.17) is 19.4 Å². The Hall–Kier alpha value is -6.21. The fourth-order valence-electron chi connectivity index (χ4n) is 7.32. The summed E-state index contributed by atoms with van der Waals surface area (Å²) in [5.74, 6) is 1.89. The first-order valence-electron chi connectivity index (χ1n) is 16.8. The predicted molar refractivity (Wildman–Crippen MR) is 215 cm³/mol. The maximum Gasteiger partial charge on any atom is 0.165 e. The first kappa shape index (κ1) is 28.6. The lowest BCUT2D eigenvalue weighted by Crippen LogP contribution is -2.00. The third-order valence-corrected chi connectivity index (χ3v) is 12.2. The third kappa shape index (κ3) is 4.54. The van der Waals surface area contributed by atoms with E-state index >= 15 is 0 Å². The van der Waals surface area contributed by atoms with Crippen molar-refractivity contribution in [1.82, 2.24) is 15.0 Å². The van der Waals surface area contributed by atoms with Gasteiger partial charge in [-0.3, -0.25) is 0 Å². The number of benzene rings is 7. The van der Waals surface area contributed by atoms with Crippen molar-refractivity contribution < 1.29 is 4.42 Å². The van der Waals surface area contributed by atoms with Crippen LogP contribution in [0.3, 0.4) is 0 Å². The molecule has 4 heterocycles. The maximum atomic E-state index is 6.25. The topological polar surface area (TPSA) is 51.8 Å². The normalized spacial score (nSPS) is 11.9. The molecule has 6 heteroatoms. The SMILES string of the molecule is c1ccc(-c2nc(-c3ccc4c(c3)oc3ccccc34)nc(-c3cccc4c3sc3cc(-c5cccc6c5sc5ccccc56)ccc34)n2)cc1. The number of aromatic nitrogens is 3. The van der Waals surface area contributed by atoms with E-state index in [2.05, 4.69) is 97.1 Å². The van der Waals surface area contributed by atoms with Crippen molar-refractivity contribution in [2.24, 2.45) is 0 Å². The van der Waals surface area contributed by atoms with Gasteiger partial charge in [-0.1, -0.05) is 115 Å². The molecule has 4 aromatic heterocycles. The molecule has 7 aromatic carbocycles. The molecule has 0 aliphatic rings. The van der Waals surface area contributed by atoms with Crippen molar-refractivity contribution in [3.8, 4) is 45.3 Å². The van der Waals surface area contributed by atoms with Gasteiger partial charge in [0.05, 0.1) is 0 Å². The number of hydrogen-bond acceptors (Lipinski definition) is 6. The molecule has 238 valence electrons. The van der Waals surface area contributed by atoms with Gasteiger partial charge in [0, 0.05) is 67.8 Å². The number of nitrogens with zero attached hydrogens (tertiary/aromatic N) is 3. The molecule has 0 radical (unpaired) electrons. The highest BCUT2D eigenvalue weighted by molar-refractivity contribution is 7.27. The van der Waals surface area contributed by atoms with Crippen molar-refractivity contribution in [2.45, 2.75) is 0 Å². The highest BCUT2D eigenvalue weighted by Crippen LogP contribution is 2.44. The van der Waals surface area contributed by atoms with E-state index in [1.165, 1.54) is 46.8 Å². The van der Waals surface area contributed by atoms with Gasteiger partial charge in [0.2, 0.25) is 0 Å². The maximum absolute atomic E-state index is 6.25. The van der Waals surface area contributed by atoms with Crippen LogP contribution < -0.4 is 0 Å². The van der Waals surface area contributed by atoms with Crippen LogP contribution in [0.4, 0.5) is 0 Å². The molecule has 0 aliphatic heterocycles. The summed E-state index contributed by atoms with van der Waals surface area (Å²) in [6.45, 7) is 0. The molecule has 0 N–H and O–H groups in total. The molecule has 0 bridgehead atoms. The molecule has 4 nitrogen and oxygen atoms in total. The van der Waals surface area contributed by atoms with Crippen molar-refractivity contribution in [3.05, 3.63) is 152 Å². The van der Waals surface area contributed by atoms with Crippen LogP contribution in [-0.4, -0.2) is 15.0 Å². The number of fused-ring (bicyclic) bond motifs is 9. The van der Waals surface area contributed by atoms with E-state index in [-0.39, 0.29) is 0 Å². The molecule has 0 aliphatic carbocycles. The van der Waals surface area contributed by atoms with Crippen LogP contribution >= 0.6 is 22.7 Å². The highest BCUT2D eigenvalue weighted by atomic mass is 32.1. The zero-order valence-electron chi connectivity index (χ0n) is 27.0. The molecule has 11 rings (SSSR count). The fraction of sp³-hybridized carbons (Fsp3) is 0. The number of rotatable bonds is 4. The number of hydrogen-bond donors (Lipinski definition) is 0. The van der Waals surface area contributed by atoms with Crippen molar-refractivity contribution in [1.29, 1.82) is 0 Å². The van der Waals surface area contributed by atoms with Gasteiger partial charge in [0.1, 0.15) is 11.2 Å². The molecule has 0 unspecified atom stereocenters. The van der Waals surface area contributed by atoms with Gasteiger partial charge in [-0.2, -0.15) is 0 Å². The monoisotopic (exact) mass is 687 g/mol. The summed E-state index contributed by atoms with van der Waals surface area (Å²) in [7, 11) is 0. The van der Waals surface area contributed by atoms with Crippen LogP contribution in [0.2, 0.25) is 0 Å². The van der Waals surface area contributed by atoms with Crippen molar-refractivity contribution in [3.63, 3.8) is 0 Å². The van der Waals surface area contributed by atoms with E-state index in [9.17, 15) is 0 Å². The summed E-state index contributed by atoms with van der Waals surface area (Å²) in [6.07, 6.45) is 0. The second-order valence-corrected chi connectivity index (χ2v) is 14.9. The Morgan fingerprint density at radius 1 is 0.353 bits per heavy atom. The van der Waals surface area contributed by atoms with Crippen LogP contribution in [0.5, 0.6) is 0 Å². The minimum atomic E-state index is 0.609. The number of furan rings is 1. The third-order valence-electron chi connectivity index (χ3n) is 9.76. The summed E-state index contributed by atoms with van der Waals surface area (Å²) in [4.78, 5) is 15.3. The zero-order chi connectivity index (χ0) is 33.5. The first-order valence-corrected chi connectivity index (χ1v) is 18.5. The molecule has 0 amide bonds. The zero-order valence-corrected chi connectivity index (χ0v) is 28.6. The minimum Gasteiger partial charge on any atom is -0.456 e. The van der Waals surface area contributed by atoms with E-state index < -0.39 is 0 Å². The summed E-state index contributed by atoms with van der Waals surface area (Å²) < 4.78 is 11.3. The summed E-state index contributed by atoms with van der Waals surface area (Å²) in [5.41, 5.74) is 6.98. The Bertz CT molecular complexity index is 3160. The lowest BCUT2D eigenvalue weighted by atomic mass is 10.0. The Balaban J connectivity index is 1.09. The van der Waals surface area contributed by atoms with Crippen LogP contribution in [0.25, 0.3) is 108 Å². The van der Waals surface area contributed by atoms with Gasteiger partial charge < -0.3 is 4.42 Å². The quantitative estimate of drug-likeness (QED) is 0.185. The van der Waals surface area contributed by atoms with E-state index in [1.54, 1.807) is 11.3 Å². The summed E-state index contributed by atoms with van der Waals surface area (Å²) >= 11 is 3.67. The van der Waals surface area contributed by atoms with Crippen molar-refractivity contribution in [2.75, 3.05) is 0 Å². The standard InChI is InChI=1S/C45H25N3OS2/c1-2-10-26(11-3-1)43-46-44(28-21-22-31-30-12-4-6-18-37(30)49-38(31)24-28)48-45(47-43)36-17-9-16-35-33-23-20-27(25-40(33)51-42(35)36)29-14-8-15-34-32-13-5-7-19-39(32)50-41(29)34/h1-25H. The van der Waals surface area contributed by atoms with Gasteiger partial charge in [-0.05, 0) is 47.5 Å². The Morgan fingerprint density at radius 2 is 0.941 bits per heavy atom. The molecule has 0 atom stereocenters. The predicted octanol–water partition coefficient (Wildman–Crippen LogP) is 13.2. The van der Waals surface area contributed by atoms with Gasteiger partial charge in [-0.15, -0.1) is 22.7 Å². The van der Waals surface area contributed by atoms with Crippen LogP contribution in [-0.2, 0) is 0 Å². The van der Waals surface area contributed by atoms with Crippen molar-refractivity contribution >= 4 is 85.0 Å². The average Bonchev–Trinajstić information content (AvgIpc) is 3.88. The molecule has 0 spiro atoms. The highest BCUT2D eigenvalue weighted by Gasteiger charge is 2.18. The molecule has 0 saturated heterocycles. The second-order valence-electron chi connectivity index (χ2n) is 12.8. The van der Waals surface area contributed by atoms with Gasteiger partial charge in [0.15, 0.2) is 17.5 Å². The first-order chi connectivity index (χ1) is 25.2. The fourth-order valence-corrected chi connectivity index (χ4v) is 9.81. The molecule has 51 heavy (non-hydrogen) atoms. The summed E-state index contributed by atoms with van der Waals surface area (Å²) in [5, 5.41) is 7.23. The van der Waals surface area contributed by atoms with E-state index in [0.717, 1.165) is 43.3 Å². The summed E-state index contributed by atoms with van der Waals surface area (Å²) in [6, 6.07) is 53.2. The van der Waals surface area contributed by atoms with Crippen LogP contribution in [0.15, 0.2) is 156 Å². The minimum absolute atomic E-state index is 0.609. The lowest BCUT2D eigenvalue weighted by molar-refractivity contribution is 0.669. The lowest BCUT2D eigenvalue weighted by Gasteiger charge is -2.09. The molecular formula is C45H25N3OS2. The Morgan fingerprint density at radius 3 is 1.80 bits per heavy atom. The molecule has 0 saturated carbocycles. The largest absolute Gasteiger partial charge is 0.456 e. The van der Waals surface area contributed by atoms with Crippen LogP contribution in [0, 0.1) is 0 Å². The van der Waals surface area contributed by atoms with Gasteiger partial charge in [0.25, 0.3) is 0 Å². The number of thiophene rings is 2. The Kier molecular flexibility index (Phi) is 6.26. The van der Waals surface area contributed by atoms with Gasteiger partial charge in [-0.25, -0.2) is 15.0 Å². The molecule has 11 aromatic rings. The van der Waals surface area contributed by atoms with Gasteiger partial charge >= 0.3 is 0 Å². The number of para-hydroxylation sites is 1. The molecule has 0 fully saturated rings. The van der Waals surface area contributed by atoms with Crippen LogP contribution in [0.1, 0.15) is 0 Å². The molecular weight excluding hydrogens is 663 g/mol. The second kappa shape index (κ2) is 11.2. The Labute approximate surface area is 299 Å². The smallest absolute Gasteiger partial charge is 0.165 e. The van der Waals surface area contributed by atoms with E-state index in [0.29, 0.717) is 17.5 Å². The average molecular weight is 688 g/mol.